The fourth-order valence-corrected chi connectivity index (χ4v) is 1.48. The topological polar surface area (TPSA) is 9.23 Å². The highest BCUT2D eigenvalue weighted by Crippen LogP contribution is 2.33. The van der Waals surface area contributed by atoms with Crippen LogP contribution in [0.2, 0.25) is 0 Å². The highest BCUT2D eigenvalue weighted by molar-refractivity contribution is 5.32. The highest BCUT2D eigenvalue weighted by Gasteiger charge is 2.26. The molecule has 1 saturated heterocycles. The summed E-state index contributed by atoms with van der Waals surface area (Å²) in [7, 11) is 0. The minimum atomic E-state index is -0.0521. The van der Waals surface area contributed by atoms with Gasteiger partial charge in [0.15, 0.2) is 0 Å². The van der Waals surface area contributed by atoms with Gasteiger partial charge in [-0.05, 0) is 39.2 Å². The fraction of sp³-hybridized carbons (Fsp3) is 0.500. The Hall–Kier alpha value is -0.980. The lowest BCUT2D eigenvalue weighted by Crippen LogP contribution is -2.28. The molecule has 0 saturated carbocycles. The van der Waals surface area contributed by atoms with Gasteiger partial charge in [-0.25, -0.2) is 0 Å². The molecule has 0 amide bonds. The molecule has 1 heteroatoms. The Bertz CT molecular complexity index is 269. The van der Waals surface area contributed by atoms with Crippen molar-refractivity contribution in [1.29, 1.82) is 0 Å². The summed E-state index contributed by atoms with van der Waals surface area (Å²) in [4.78, 5) is 0. The van der Waals surface area contributed by atoms with Crippen LogP contribution in [-0.2, 0) is 4.74 Å². The normalized spacial score (nSPS) is 24.2. The molecule has 0 radical (unpaired) electrons. The number of ether oxygens (including phenoxy) is 1. The minimum Gasteiger partial charge on any atom is -0.488 e. The number of hydrogen-bond acceptors (Lipinski definition) is 1. The molecule has 13 heavy (non-hydrogen) atoms. The number of rotatable bonds is 1. The van der Waals surface area contributed by atoms with Gasteiger partial charge in [-0.1, -0.05) is 24.8 Å². The van der Waals surface area contributed by atoms with E-state index >= 15 is 0 Å². The van der Waals surface area contributed by atoms with Crippen LogP contribution >= 0.6 is 0 Å². The Morgan fingerprint density at radius 3 is 2.62 bits per heavy atom. The van der Waals surface area contributed by atoms with Crippen molar-refractivity contribution in [2.24, 2.45) is 0 Å². The van der Waals surface area contributed by atoms with Crippen LogP contribution in [-0.4, -0.2) is 5.60 Å². The van der Waals surface area contributed by atoms with Crippen molar-refractivity contribution >= 4 is 0 Å². The third-order valence-corrected chi connectivity index (χ3v) is 2.17. The maximum atomic E-state index is 5.68. The van der Waals surface area contributed by atoms with E-state index in [9.17, 15) is 0 Å². The van der Waals surface area contributed by atoms with E-state index < -0.39 is 0 Å². The van der Waals surface area contributed by atoms with Crippen LogP contribution in [0.1, 0.15) is 33.6 Å². The zero-order valence-corrected chi connectivity index (χ0v) is 8.81. The molecule has 0 N–H and O–H groups in total. The monoisotopic (exact) mass is 178 g/mol. The van der Waals surface area contributed by atoms with Gasteiger partial charge >= 0.3 is 0 Å². The molecule has 72 valence electrons. The van der Waals surface area contributed by atoms with Crippen LogP contribution in [0, 0.1) is 0 Å². The van der Waals surface area contributed by atoms with Gasteiger partial charge in [0, 0.05) is 0 Å². The predicted molar refractivity (Wildman–Crippen MR) is 56.4 cm³/mol. The van der Waals surface area contributed by atoms with Gasteiger partial charge in [0.25, 0.3) is 0 Å². The molecular formula is C12H18O. The lowest BCUT2D eigenvalue weighted by Gasteiger charge is -2.33. The molecule has 1 aliphatic rings. The Balaban J connectivity index is 2.75. The van der Waals surface area contributed by atoms with Gasteiger partial charge in [0.05, 0.1) is 0 Å². The van der Waals surface area contributed by atoms with Gasteiger partial charge in [-0.3, -0.25) is 0 Å². The zero-order chi connectivity index (χ0) is 10.1. The van der Waals surface area contributed by atoms with E-state index in [1.165, 1.54) is 5.57 Å². The van der Waals surface area contributed by atoms with Gasteiger partial charge in [-0.2, -0.15) is 0 Å². The third kappa shape index (κ3) is 2.76. The van der Waals surface area contributed by atoms with Crippen molar-refractivity contribution in [3.63, 3.8) is 0 Å². The average molecular weight is 178 g/mol. The zero-order valence-electron chi connectivity index (χ0n) is 8.81. The molecule has 0 aromatic carbocycles. The van der Waals surface area contributed by atoms with Crippen LogP contribution < -0.4 is 0 Å². The summed E-state index contributed by atoms with van der Waals surface area (Å²) < 4.78 is 5.68. The molecule has 0 bridgehead atoms. The lowest BCUT2D eigenvalue weighted by molar-refractivity contribution is 0.0164. The number of hydrogen-bond donors (Lipinski definition) is 0. The van der Waals surface area contributed by atoms with Crippen LogP contribution in [0.5, 0.6) is 0 Å². The Labute approximate surface area is 80.8 Å². The molecule has 1 heterocycles. The van der Waals surface area contributed by atoms with Crippen LogP contribution in [0.15, 0.2) is 36.1 Å². The van der Waals surface area contributed by atoms with Gasteiger partial charge in [-0.15, -0.1) is 0 Å². The molecule has 0 aliphatic carbocycles. The first-order valence-electron chi connectivity index (χ1n) is 4.65. The summed E-state index contributed by atoms with van der Waals surface area (Å²) in [6.45, 7) is 13.9. The van der Waals surface area contributed by atoms with E-state index in [1.807, 2.05) is 6.92 Å². The van der Waals surface area contributed by atoms with Crippen molar-refractivity contribution in [1.82, 2.24) is 0 Å². The van der Waals surface area contributed by atoms with E-state index in [2.05, 4.69) is 33.1 Å². The second kappa shape index (κ2) is 3.41. The van der Waals surface area contributed by atoms with Crippen LogP contribution in [0.4, 0.5) is 0 Å². The van der Waals surface area contributed by atoms with Crippen LogP contribution in [0.25, 0.3) is 0 Å². The molecule has 1 fully saturated rings. The van der Waals surface area contributed by atoms with Crippen molar-refractivity contribution in [3.05, 3.63) is 36.1 Å². The van der Waals surface area contributed by atoms with Crippen molar-refractivity contribution < 1.29 is 4.74 Å². The summed E-state index contributed by atoms with van der Waals surface area (Å²) in [5, 5.41) is 0. The predicted octanol–water partition coefficient (Wildman–Crippen LogP) is 3.59. The SMILES string of the molecule is C=C(C)/C=C1/CCC(C)(C)OC1=C. The van der Waals surface area contributed by atoms with E-state index in [-0.39, 0.29) is 5.60 Å². The molecule has 1 aliphatic heterocycles. The summed E-state index contributed by atoms with van der Waals surface area (Å²) >= 11 is 0. The summed E-state index contributed by atoms with van der Waals surface area (Å²) in [6.07, 6.45) is 4.14. The third-order valence-electron chi connectivity index (χ3n) is 2.17. The van der Waals surface area contributed by atoms with Crippen molar-refractivity contribution in [2.75, 3.05) is 0 Å². The van der Waals surface area contributed by atoms with E-state index in [4.69, 9.17) is 4.74 Å². The average Bonchev–Trinajstić information content (AvgIpc) is 1.93. The van der Waals surface area contributed by atoms with Gasteiger partial charge in [0.1, 0.15) is 11.4 Å². The van der Waals surface area contributed by atoms with Crippen molar-refractivity contribution in [2.45, 2.75) is 39.2 Å². The standard InChI is InChI=1S/C12H18O/c1-9(2)8-11-6-7-12(4,5)13-10(11)3/h8H,1,3,6-7H2,2,4-5H3/b11-8-. The summed E-state index contributed by atoms with van der Waals surface area (Å²) in [5.74, 6) is 0.805. The minimum absolute atomic E-state index is 0.0521. The first-order valence-corrected chi connectivity index (χ1v) is 4.65. The largest absolute Gasteiger partial charge is 0.488 e. The van der Waals surface area contributed by atoms with E-state index in [1.54, 1.807) is 0 Å². The maximum Gasteiger partial charge on any atom is 0.116 e. The molecular weight excluding hydrogens is 160 g/mol. The molecule has 1 rings (SSSR count). The fourth-order valence-electron chi connectivity index (χ4n) is 1.48. The maximum absolute atomic E-state index is 5.68. The summed E-state index contributed by atoms with van der Waals surface area (Å²) in [6, 6.07) is 0. The summed E-state index contributed by atoms with van der Waals surface area (Å²) in [5.41, 5.74) is 2.19. The van der Waals surface area contributed by atoms with E-state index in [0.29, 0.717) is 0 Å². The van der Waals surface area contributed by atoms with Crippen LogP contribution in [0.3, 0.4) is 0 Å². The van der Waals surface area contributed by atoms with Crippen molar-refractivity contribution in [3.8, 4) is 0 Å². The lowest BCUT2D eigenvalue weighted by atomic mass is 9.93. The van der Waals surface area contributed by atoms with E-state index in [0.717, 1.165) is 24.2 Å². The highest BCUT2D eigenvalue weighted by atomic mass is 16.5. The molecule has 0 spiro atoms. The Kier molecular flexibility index (Phi) is 2.65. The second-order valence-electron chi connectivity index (χ2n) is 4.30. The molecule has 0 aromatic heterocycles. The number of allylic oxidation sites excluding steroid dienone is 3. The first-order chi connectivity index (χ1) is 5.91. The smallest absolute Gasteiger partial charge is 0.116 e. The molecule has 0 aromatic rings. The Morgan fingerprint density at radius 2 is 2.15 bits per heavy atom. The molecule has 0 atom stereocenters. The molecule has 1 nitrogen and oxygen atoms in total. The quantitative estimate of drug-likeness (QED) is 0.596. The Morgan fingerprint density at radius 1 is 1.54 bits per heavy atom. The second-order valence-corrected chi connectivity index (χ2v) is 4.30. The van der Waals surface area contributed by atoms with Gasteiger partial charge in [0.2, 0.25) is 0 Å². The van der Waals surface area contributed by atoms with Gasteiger partial charge < -0.3 is 4.74 Å². The molecule has 0 unspecified atom stereocenters. The first kappa shape index (κ1) is 10.1.